The molecule has 0 fully saturated rings. The smallest absolute Gasteiger partial charge is 0.407 e. The number of rotatable bonds is 6. The van der Waals surface area contributed by atoms with E-state index in [1.54, 1.807) is 0 Å². The molecule has 2 N–H and O–H groups in total. The summed E-state index contributed by atoms with van der Waals surface area (Å²) >= 11 is 0. The third-order valence-corrected chi connectivity index (χ3v) is 5.46. The second-order valence-corrected chi connectivity index (χ2v) is 7.55. The SMILES string of the molecule is Cc1cccc(C[C@H](NC(=O)OCC2c3ccccc3-c3ccccc32)C(=O)O)c1. The highest BCUT2D eigenvalue weighted by atomic mass is 16.5. The van der Waals surface area contributed by atoms with E-state index in [1.807, 2.05) is 67.6 Å². The zero-order valence-corrected chi connectivity index (χ0v) is 16.7. The molecule has 4 rings (SSSR count). The summed E-state index contributed by atoms with van der Waals surface area (Å²) in [6, 6.07) is 22.7. The Morgan fingerprint density at radius 1 is 0.967 bits per heavy atom. The van der Waals surface area contributed by atoms with Crippen LogP contribution < -0.4 is 5.32 Å². The summed E-state index contributed by atoms with van der Waals surface area (Å²) < 4.78 is 5.47. The molecule has 5 heteroatoms. The number of carboxylic acid groups (broad SMARTS) is 1. The molecule has 1 amide bonds. The minimum atomic E-state index is -1.09. The Kier molecular flexibility index (Phi) is 5.53. The number of amides is 1. The number of nitrogens with one attached hydrogen (secondary N) is 1. The Bertz CT molecular complexity index is 1050. The first-order valence-electron chi connectivity index (χ1n) is 9.93. The topological polar surface area (TPSA) is 75.6 Å². The molecule has 0 unspecified atom stereocenters. The Labute approximate surface area is 175 Å². The van der Waals surface area contributed by atoms with E-state index in [-0.39, 0.29) is 18.9 Å². The summed E-state index contributed by atoms with van der Waals surface area (Å²) in [5, 5.41) is 12.0. The van der Waals surface area contributed by atoms with Gasteiger partial charge in [0.2, 0.25) is 0 Å². The Morgan fingerprint density at radius 3 is 2.20 bits per heavy atom. The summed E-state index contributed by atoms with van der Waals surface area (Å²) in [4.78, 5) is 24.0. The van der Waals surface area contributed by atoms with Gasteiger partial charge in [0.1, 0.15) is 12.6 Å². The number of carbonyl (C=O) groups is 2. The van der Waals surface area contributed by atoms with Crippen LogP contribution in [0.1, 0.15) is 28.2 Å². The lowest BCUT2D eigenvalue weighted by Crippen LogP contribution is -2.42. The Balaban J connectivity index is 1.43. The molecule has 0 radical (unpaired) electrons. The average molecular weight is 401 g/mol. The molecule has 0 heterocycles. The number of hydrogen-bond donors (Lipinski definition) is 2. The highest BCUT2D eigenvalue weighted by Crippen LogP contribution is 2.44. The normalized spacial score (nSPS) is 13.2. The fraction of sp³-hybridized carbons (Fsp3) is 0.200. The molecule has 1 atom stereocenters. The predicted molar refractivity (Wildman–Crippen MR) is 115 cm³/mol. The number of hydrogen-bond acceptors (Lipinski definition) is 3. The highest BCUT2D eigenvalue weighted by Gasteiger charge is 2.29. The van der Waals surface area contributed by atoms with E-state index in [0.29, 0.717) is 0 Å². The third kappa shape index (κ3) is 4.06. The minimum absolute atomic E-state index is 0.0665. The fourth-order valence-electron chi connectivity index (χ4n) is 4.06. The van der Waals surface area contributed by atoms with Gasteiger partial charge < -0.3 is 15.2 Å². The molecule has 0 saturated carbocycles. The van der Waals surface area contributed by atoms with Crippen LogP contribution in [0.5, 0.6) is 0 Å². The van der Waals surface area contributed by atoms with Crippen molar-refractivity contribution in [2.24, 2.45) is 0 Å². The Hall–Kier alpha value is -3.60. The van der Waals surface area contributed by atoms with Gasteiger partial charge in [0, 0.05) is 12.3 Å². The molecular weight excluding hydrogens is 378 g/mol. The Morgan fingerprint density at radius 2 is 1.60 bits per heavy atom. The molecule has 152 valence electrons. The number of carboxylic acids is 1. The maximum Gasteiger partial charge on any atom is 0.407 e. The summed E-state index contributed by atoms with van der Waals surface area (Å²) in [7, 11) is 0. The van der Waals surface area contributed by atoms with Crippen LogP contribution in [0.3, 0.4) is 0 Å². The molecule has 3 aromatic carbocycles. The lowest BCUT2D eigenvalue weighted by Gasteiger charge is -2.17. The average Bonchev–Trinajstić information content (AvgIpc) is 3.06. The van der Waals surface area contributed by atoms with E-state index < -0.39 is 18.1 Å². The summed E-state index contributed by atoms with van der Waals surface area (Å²) in [5.74, 6) is -1.16. The molecule has 1 aliphatic carbocycles. The number of benzene rings is 3. The van der Waals surface area contributed by atoms with E-state index in [1.165, 1.54) is 0 Å². The van der Waals surface area contributed by atoms with Crippen molar-refractivity contribution in [3.63, 3.8) is 0 Å². The second kappa shape index (κ2) is 8.41. The van der Waals surface area contributed by atoms with Gasteiger partial charge in [-0.3, -0.25) is 0 Å². The van der Waals surface area contributed by atoms with Gasteiger partial charge in [-0.15, -0.1) is 0 Å². The van der Waals surface area contributed by atoms with Gasteiger partial charge in [-0.2, -0.15) is 0 Å². The van der Waals surface area contributed by atoms with Gasteiger partial charge in [0.25, 0.3) is 0 Å². The number of carbonyl (C=O) groups excluding carboxylic acids is 1. The molecule has 0 saturated heterocycles. The van der Waals surface area contributed by atoms with Crippen LogP contribution in [-0.4, -0.2) is 29.8 Å². The zero-order chi connectivity index (χ0) is 21.1. The van der Waals surface area contributed by atoms with Crippen molar-refractivity contribution in [1.82, 2.24) is 5.32 Å². The van der Waals surface area contributed by atoms with E-state index >= 15 is 0 Å². The molecule has 0 aliphatic heterocycles. The van der Waals surface area contributed by atoms with Crippen LogP contribution in [0, 0.1) is 6.92 Å². The third-order valence-electron chi connectivity index (χ3n) is 5.46. The van der Waals surface area contributed by atoms with Crippen LogP contribution in [0.2, 0.25) is 0 Å². The van der Waals surface area contributed by atoms with E-state index in [9.17, 15) is 14.7 Å². The van der Waals surface area contributed by atoms with Crippen molar-refractivity contribution in [2.75, 3.05) is 6.61 Å². The summed E-state index contributed by atoms with van der Waals surface area (Å²) in [6.45, 7) is 2.09. The molecule has 0 aromatic heterocycles. The number of aliphatic carboxylic acids is 1. The minimum Gasteiger partial charge on any atom is -0.480 e. The molecule has 0 bridgehead atoms. The van der Waals surface area contributed by atoms with E-state index in [0.717, 1.165) is 33.4 Å². The van der Waals surface area contributed by atoms with Gasteiger partial charge in [0.15, 0.2) is 0 Å². The van der Waals surface area contributed by atoms with Crippen molar-refractivity contribution < 1.29 is 19.4 Å². The number of fused-ring (bicyclic) bond motifs is 3. The molecular formula is C25H23NO4. The first-order valence-corrected chi connectivity index (χ1v) is 9.93. The van der Waals surface area contributed by atoms with Crippen LogP contribution in [0.4, 0.5) is 4.79 Å². The first kappa shape index (κ1) is 19.7. The van der Waals surface area contributed by atoms with Crippen molar-refractivity contribution in [3.8, 4) is 11.1 Å². The molecule has 1 aliphatic rings. The van der Waals surface area contributed by atoms with Gasteiger partial charge in [-0.25, -0.2) is 9.59 Å². The number of ether oxygens (including phenoxy) is 1. The van der Waals surface area contributed by atoms with Gasteiger partial charge in [-0.05, 0) is 34.7 Å². The van der Waals surface area contributed by atoms with Crippen LogP contribution in [-0.2, 0) is 16.0 Å². The van der Waals surface area contributed by atoms with Crippen molar-refractivity contribution >= 4 is 12.1 Å². The van der Waals surface area contributed by atoms with Gasteiger partial charge in [0.05, 0.1) is 0 Å². The maximum atomic E-state index is 12.4. The zero-order valence-electron chi connectivity index (χ0n) is 16.7. The maximum absolute atomic E-state index is 12.4. The van der Waals surface area contributed by atoms with Crippen LogP contribution in [0.25, 0.3) is 11.1 Å². The van der Waals surface area contributed by atoms with E-state index in [2.05, 4.69) is 17.4 Å². The number of aryl methyl sites for hydroxylation is 1. The van der Waals surface area contributed by atoms with Crippen LogP contribution >= 0.6 is 0 Å². The lowest BCUT2D eigenvalue weighted by molar-refractivity contribution is -0.139. The van der Waals surface area contributed by atoms with Crippen LogP contribution in [0.15, 0.2) is 72.8 Å². The predicted octanol–water partition coefficient (Wildman–Crippen LogP) is 4.53. The number of alkyl carbamates (subject to hydrolysis) is 1. The summed E-state index contributed by atoms with van der Waals surface area (Å²) in [6.07, 6.45) is -0.529. The monoisotopic (exact) mass is 401 g/mol. The quantitative estimate of drug-likeness (QED) is 0.636. The molecule has 3 aromatic rings. The van der Waals surface area contributed by atoms with Gasteiger partial charge in [-0.1, -0.05) is 78.4 Å². The van der Waals surface area contributed by atoms with Crippen molar-refractivity contribution in [2.45, 2.75) is 25.3 Å². The largest absolute Gasteiger partial charge is 0.480 e. The van der Waals surface area contributed by atoms with E-state index in [4.69, 9.17) is 4.74 Å². The molecule has 30 heavy (non-hydrogen) atoms. The van der Waals surface area contributed by atoms with Gasteiger partial charge >= 0.3 is 12.1 Å². The molecule has 5 nitrogen and oxygen atoms in total. The summed E-state index contributed by atoms with van der Waals surface area (Å²) in [5.41, 5.74) is 6.40. The fourth-order valence-corrected chi connectivity index (χ4v) is 4.06. The standard InChI is InChI=1S/C25H23NO4/c1-16-7-6-8-17(13-16)14-23(24(27)28)26-25(29)30-15-22-20-11-4-2-9-18(20)19-10-3-5-12-21(19)22/h2-13,22-23H,14-15H2,1H3,(H,26,29)(H,27,28)/t23-/m0/s1. The highest BCUT2D eigenvalue weighted by molar-refractivity contribution is 5.81. The van der Waals surface area contributed by atoms with Crippen molar-refractivity contribution in [3.05, 3.63) is 95.1 Å². The molecule has 0 spiro atoms. The second-order valence-electron chi connectivity index (χ2n) is 7.55. The van der Waals surface area contributed by atoms with Crippen molar-refractivity contribution in [1.29, 1.82) is 0 Å². The first-order chi connectivity index (χ1) is 14.5. The lowest BCUT2D eigenvalue weighted by atomic mass is 9.98.